The number of hydrogen-bond donors (Lipinski definition) is 0. The highest BCUT2D eigenvalue weighted by molar-refractivity contribution is 6.33. The van der Waals surface area contributed by atoms with Crippen LogP contribution in [0.25, 0.3) is 16.8 Å². The maximum atomic E-state index is 6.31. The molecule has 0 fully saturated rings. The lowest BCUT2D eigenvalue weighted by Gasteiger charge is -2.01. The van der Waals surface area contributed by atoms with E-state index in [1.807, 2.05) is 47.2 Å². The molecule has 0 atom stereocenters. The van der Waals surface area contributed by atoms with Gasteiger partial charge in [-0.15, -0.1) is 0 Å². The summed E-state index contributed by atoms with van der Waals surface area (Å²) >= 11 is 6.31. The lowest BCUT2D eigenvalue weighted by Crippen LogP contribution is -1.87. The van der Waals surface area contributed by atoms with Crippen LogP contribution in [-0.4, -0.2) is 4.57 Å². The molecule has 0 unspecified atom stereocenters. The van der Waals surface area contributed by atoms with Crippen LogP contribution in [0.15, 0.2) is 73.1 Å². The minimum atomic E-state index is 0.769. The predicted octanol–water partition coefficient (Wildman–Crippen LogP) is 4.80. The van der Waals surface area contributed by atoms with Gasteiger partial charge in [0.1, 0.15) is 0 Å². The van der Waals surface area contributed by atoms with E-state index in [4.69, 9.17) is 11.6 Å². The van der Waals surface area contributed by atoms with E-state index in [1.54, 1.807) is 0 Å². The van der Waals surface area contributed by atoms with Crippen LogP contribution in [0, 0.1) is 0 Å². The van der Waals surface area contributed by atoms with Gasteiger partial charge in [0.05, 0.1) is 5.02 Å². The molecule has 0 N–H and O–H groups in total. The molecule has 1 heterocycles. The molecule has 0 spiro atoms. The molecule has 0 aliphatic carbocycles. The molecule has 0 aliphatic heterocycles. The summed E-state index contributed by atoms with van der Waals surface area (Å²) in [7, 11) is 0. The molecule has 0 aliphatic rings. The quantitative estimate of drug-likeness (QED) is 0.618. The van der Waals surface area contributed by atoms with Gasteiger partial charge in [0.15, 0.2) is 0 Å². The number of halogens is 1. The second-order valence-electron chi connectivity index (χ2n) is 4.13. The van der Waals surface area contributed by atoms with Crippen LogP contribution >= 0.6 is 11.6 Å². The first-order valence-electron chi connectivity index (χ1n) is 5.83. The standard InChI is InChI=1S/C16H12ClN/c17-16-12-18(14-9-5-2-6-10-14)11-15(16)13-7-3-1-4-8-13/h1-12H. The van der Waals surface area contributed by atoms with E-state index in [0.717, 1.165) is 21.8 Å². The second-order valence-corrected chi connectivity index (χ2v) is 4.54. The number of rotatable bonds is 2. The molecule has 1 nitrogen and oxygen atoms in total. The monoisotopic (exact) mass is 253 g/mol. The molecular formula is C16H12ClN. The Labute approximate surface area is 111 Å². The Morgan fingerprint density at radius 1 is 0.722 bits per heavy atom. The molecule has 2 aromatic carbocycles. The first-order valence-corrected chi connectivity index (χ1v) is 6.21. The highest BCUT2D eigenvalue weighted by Gasteiger charge is 2.07. The van der Waals surface area contributed by atoms with Crippen molar-refractivity contribution in [2.45, 2.75) is 0 Å². The molecule has 1 aromatic heterocycles. The number of aromatic nitrogens is 1. The summed E-state index contributed by atoms with van der Waals surface area (Å²) in [5.74, 6) is 0. The number of benzene rings is 2. The largest absolute Gasteiger partial charge is 0.322 e. The molecule has 0 radical (unpaired) electrons. The van der Waals surface area contributed by atoms with Crippen LogP contribution < -0.4 is 0 Å². The topological polar surface area (TPSA) is 4.93 Å². The Bertz CT molecular complexity index is 641. The van der Waals surface area contributed by atoms with Gasteiger partial charge in [-0.25, -0.2) is 0 Å². The van der Waals surface area contributed by atoms with Gasteiger partial charge in [0, 0.05) is 23.6 Å². The Morgan fingerprint density at radius 2 is 1.33 bits per heavy atom. The van der Waals surface area contributed by atoms with Crippen LogP contribution in [0.2, 0.25) is 5.02 Å². The van der Waals surface area contributed by atoms with E-state index >= 15 is 0 Å². The van der Waals surface area contributed by atoms with E-state index in [2.05, 4.69) is 30.5 Å². The lowest BCUT2D eigenvalue weighted by atomic mass is 10.1. The van der Waals surface area contributed by atoms with E-state index in [0.29, 0.717) is 0 Å². The third kappa shape index (κ3) is 2.05. The zero-order valence-electron chi connectivity index (χ0n) is 9.75. The highest BCUT2D eigenvalue weighted by atomic mass is 35.5. The van der Waals surface area contributed by atoms with Crippen LogP contribution in [0.4, 0.5) is 0 Å². The summed E-state index contributed by atoms with van der Waals surface area (Å²) in [4.78, 5) is 0. The highest BCUT2D eigenvalue weighted by Crippen LogP contribution is 2.29. The maximum absolute atomic E-state index is 6.31. The Kier molecular flexibility index (Phi) is 2.91. The van der Waals surface area contributed by atoms with E-state index < -0.39 is 0 Å². The molecule has 0 bridgehead atoms. The van der Waals surface area contributed by atoms with Crippen molar-refractivity contribution in [2.24, 2.45) is 0 Å². The van der Waals surface area contributed by atoms with Crippen molar-refractivity contribution in [3.63, 3.8) is 0 Å². The van der Waals surface area contributed by atoms with Crippen LogP contribution in [0.5, 0.6) is 0 Å². The molecule has 3 aromatic rings. The minimum Gasteiger partial charge on any atom is -0.322 e. The Balaban J connectivity index is 2.07. The van der Waals surface area contributed by atoms with Gasteiger partial charge >= 0.3 is 0 Å². The molecular weight excluding hydrogens is 242 g/mol. The minimum absolute atomic E-state index is 0.769. The number of para-hydroxylation sites is 1. The SMILES string of the molecule is Clc1cn(-c2ccccc2)cc1-c1ccccc1. The van der Waals surface area contributed by atoms with Crippen molar-refractivity contribution < 1.29 is 0 Å². The van der Waals surface area contributed by atoms with E-state index in [1.165, 1.54) is 0 Å². The van der Waals surface area contributed by atoms with Gasteiger partial charge in [-0.1, -0.05) is 60.1 Å². The maximum Gasteiger partial charge on any atom is 0.0665 e. The van der Waals surface area contributed by atoms with Crippen molar-refractivity contribution in [2.75, 3.05) is 0 Å². The third-order valence-electron chi connectivity index (χ3n) is 2.92. The van der Waals surface area contributed by atoms with E-state index in [9.17, 15) is 0 Å². The summed E-state index contributed by atoms with van der Waals surface area (Å²) < 4.78 is 2.05. The molecule has 0 amide bonds. The van der Waals surface area contributed by atoms with Crippen LogP contribution in [-0.2, 0) is 0 Å². The molecule has 0 saturated carbocycles. The van der Waals surface area contributed by atoms with Gasteiger partial charge < -0.3 is 4.57 Å². The fourth-order valence-electron chi connectivity index (χ4n) is 2.01. The fourth-order valence-corrected chi connectivity index (χ4v) is 2.27. The van der Waals surface area contributed by atoms with E-state index in [-0.39, 0.29) is 0 Å². The fraction of sp³-hybridized carbons (Fsp3) is 0. The second kappa shape index (κ2) is 4.71. The average Bonchev–Trinajstić information content (AvgIpc) is 2.83. The van der Waals surface area contributed by atoms with Crippen molar-refractivity contribution >= 4 is 11.6 Å². The molecule has 2 heteroatoms. The van der Waals surface area contributed by atoms with Crippen molar-refractivity contribution in [3.8, 4) is 16.8 Å². The lowest BCUT2D eigenvalue weighted by molar-refractivity contribution is 1.08. The Hall–Kier alpha value is -1.99. The summed E-state index contributed by atoms with van der Waals surface area (Å²) in [6, 6.07) is 20.3. The summed E-state index contributed by atoms with van der Waals surface area (Å²) in [6.45, 7) is 0. The predicted molar refractivity (Wildman–Crippen MR) is 76.2 cm³/mol. The normalized spacial score (nSPS) is 10.5. The van der Waals surface area contributed by atoms with Crippen LogP contribution in [0.1, 0.15) is 0 Å². The van der Waals surface area contributed by atoms with Gasteiger partial charge in [-0.3, -0.25) is 0 Å². The number of nitrogens with zero attached hydrogens (tertiary/aromatic N) is 1. The van der Waals surface area contributed by atoms with Crippen LogP contribution in [0.3, 0.4) is 0 Å². The zero-order chi connectivity index (χ0) is 12.4. The third-order valence-corrected chi connectivity index (χ3v) is 3.22. The first kappa shape index (κ1) is 11.1. The molecule has 18 heavy (non-hydrogen) atoms. The Morgan fingerprint density at radius 3 is 2.00 bits per heavy atom. The summed E-state index contributed by atoms with van der Waals surface area (Å²) in [5.41, 5.74) is 3.31. The zero-order valence-corrected chi connectivity index (χ0v) is 10.5. The number of hydrogen-bond acceptors (Lipinski definition) is 0. The van der Waals surface area contributed by atoms with Gasteiger partial charge in [0.25, 0.3) is 0 Å². The first-order chi connectivity index (χ1) is 8.84. The molecule has 88 valence electrons. The molecule has 3 rings (SSSR count). The van der Waals surface area contributed by atoms with Crippen molar-refractivity contribution in [1.29, 1.82) is 0 Å². The smallest absolute Gasteiger partial charge is 0.0665 e. The van der Waals surface area contributed by atoms with Gasteiger partial charge in [-0.05, 0) is 17.7 Å². The average molecular weight is 254 g/mol. The summed E-state index contributed by atoms with van der Waals surface area (Å²) in [6.07, 6.45) is 4.01. The molecule has 0 saturated heterocycles. The summed E-state index contributed by atoms with van der Waals surface area (Å²) in [5, 5.41) is 0.769. The van der Waals surface area contributed by atoms with Crippen molar-refractivity contribution in [1.82, 2.24) is 4.57 Å². The van der Waals surface area contributed by atoms with Gasteiger partial charge in [0.2, 0.25) is 0 Å². The van der Waals surface area contributed by atoms with Crippen molar-refractivity contribution in [3.05, 3.63) is 78.1 Å². The van der Waals surface area contributed by atoms with Gasteiger partial charge in [-0.2, -0.15) is 0 Å².